The standard InChI is InChI=1S/C18H12F2N4O2/c1-26-18(25)14-15-17(23-12-5-3-2-4-11(12)22-15)24(16(14)21)13-7-6-9(19)8-10(13)20/h2-8H,21H2,1H3. The van der Waals surface area contributed by atoms with Crippen LogP contribution in [0.3, 0.4) is 0 Å². The van der Waals surface area contributed by atoms with Crippen LogP contribution >= 0.6 is 0 Å². The first-order valence-electron chi connectivity index (χ1n) is 7.61. The largest absolute Gasteiger partial charge is 0.465 e. The normalized spacial score (nSPS) is 11.2. The smallest absolute Gasteiger partial charge is 0.343 e. The number of aromatic nitrogens is 3. The van der Waals surface area contributed by atoms with E-state index in [1.807, 2.05) is 0 Å². The Morgan fingerprint density at radius 3 is 2.46 bits per heavy atom. The van der Waals surface area contributed by atoms with Crippen molar-refractivity contribution in [3.05, 3.63) is 59.7 Å². The number of para-hydroxylation sites is 2. The van der Waals surface area contributed by atoms with Crippen molar-refractivity contribution >= 4 is 34.0 Å². The third kappa shape index (κ3) is 2.26. The van der Waals surface area contributed by atoms with Gasteiger partial charge in [-0.25, -0.2) is 23.5 Å². The number of esters is 1. The van der Waals surface area contributed by atoms with E-state index < -0.39 is 17.6 Å². The van der Waals surface area contributed by atoms with Crippen LogP contribution in [0.4, 0.5) is 14.6 Å². The number of fused-ring (bicyclic) bond motifs is 2. The number of benzene rings is 2. The molecule has 0 saturated carbocycles. The highest BCUT2D eigenvalue weighted by atomic mass is 19.1. The lowest BCUT2D eigenvalue weighted by Crippen LogP contribution is -2.08. The quantitative estimate of drug-likeness (QED) is 0.559. The zero-order valence-electron chi connectivity index (χ0n) is 13.5. The summed E-state index contributed by atoms with van der Waals surface area (Å²) in [5, 5.41) is 0. The average molecular weight is 354 g/mol. The molecule has 0 radical (unpaired) electrons. The van der Waals surface area contributed by atoms with Crippen molar-refractivity contribution in [3.63, 3.8) is 0 Å². The van der Waals surface area contributed by atoms with Gasteiger partial charge in [-0.05, 0) is 24.3 Å². The first-order valence-corrected chi connectivity index (χ1v) is 7.61. The van der Waals surface area contributed by atoms with Crippen LogP contribution in [0.15, 0.2) is 42.5 Å². The Morgan fingerprint density at radius 2 is 1.81 bits per heavy atom. The number of nitrogen functional groups attached to an aromatic ring is 1. The molecule has 2 heterocycles. The van der Waals surface area contributed by atoms with Gasteiger partial charge in [0.15, 0.2) is 5.65 Å². The molecule has 0 aliphatic rings. The summed E-state index contributed by atoms with van der Waals surface area (Å²) in [6, 6.07) is 10.1. The lowest BCUT2D eigenvalue weighted by molar-refractivity contribution is 0.0604. The molecular formula is C18H12F2N4O2. The van der Waals surface area contributed by atoms with Crippen molar-refractivity contribution in [3.8, 4) is 5.69 Å². The molecule has 8 heteroatoms. The van der Waals surface area contributed by atoms with Gasteiger partial charge in [-0.2, -0.15) is 0 Å². The Labute approximate surface area is 145 Å². The van der Waals surface area contributed by atoms with Gasteiger partial charge in [0.2, 0.25) is 0 Å². The molecule has 0 unspecified atom stereocenters. The highest BCUT2D eigenvalue weighted by molar-refractivity contribution is 6.08. The molecule has 0 amide bonds. The second kappa shape index (κ2) is 5.76. The summed E-state index contributed by atoms with van der Waals surface area (Å²) in [4.78, 5) is 21.1. The van der Waals surface area contributed by atoms with Crippen molar-refractivity contribution in [1.29, 1.82) is 0 Å². The summed E-state index contributed by atoms with van der Waals surface area (Å²) in [5.74, 6) is -2.39. The lowest BCUT2D eigenvalue weighted by Gasteiger charge is -2.09. The topological polar surface area (TPSA) is 83.0 Å². The summed E-state index contributed by atoms with van der Waals surface area (Å²) >= 11 is 0. The molecule has 0 aliphatic heterocycles. The van der Waals surface area contributed by atoms with Gasteiger partial charge in [0.05, 0.1) is 23.8 Å². The van der Waals surface area contributed by atoms with Gasteiger partial charge < -0.3 is 10.5 Å². The number of carbonyl (C=O) groups is 1. The van der Waals surface area contributed by atoms with Crippen LogP contribution < -0.4 is 5.73 Å². The van der Waals surface area contributed by atoms with E-state index in [1.165, 1.54) is 17.7 Å². The van der Waals surface area contributed by atoms with E-state index in [4.69, 9.17) is 10.5 Å². The molecule has 6 nitrogen and oxygen atoms in total. The Hall–Kier alpha value is -3.55. The molecule has 130 valence electrons. The number of ether oxygens (including phenoxy) is 1. The highest BCUT2D eigenvalue weighted by Gasteiger charge is 2.26. The summed E-state index contributed by atoms with van der Waals surface area (Å²) in [6.07, 6.45) is 0. The van der Waals surface area contributed by atoms with Crippen molar-refractivity contribution < 1.29 is 18.3 Å². The van der Waals surface area contributed by atoms with E-state index >= 15 is 0 Å². The van der Waals surface area contributed by atoms with Crippen molar-refractivity contribution in [2.24, 2.45) is 0 Å². The van der Waals surface area contributed by atoms with Crippen molar-refractivity contribution in [2.45, 2.75) is 0 Å². The molecule has 2 N–H and O–H groups in total. The van der Waals surface area contributed by atoms with Crippen LogP contribution in [-0.4, -0.2) is 27.6 Å². The molecule has 4 aromatic rings. The van der Waals surface area contributed by atoms with Gasteiger partial charge in [0.1, 0.15) is 28.5 Å². The van der Waals surface area contributed by atoms with E-state index in [1.54, 1.807) is 24.3 Å². The van der Waals surface area contributed by atoms with Gasteiger partial charge in [-0.1, -0.05) is 12.1 Å². The van der Waals surface area contributed by atoms with Crippen molar-refractivity contribution in [2.75, 3.05) is 12.8 Å². The molecule has 4 rings (SSSR count). The van der Waals surface area contributed by atoms with Gasteiger partial charge in [-0.3, -0.25) is 4.57 Å². The van der Waals surface area contributed by atoms with Gasteiger partial charge in [0, 0.05) is 6.07 Å². The maximum atomic E-state index is 14.4. The second-order valence-electron chi connectivity index (χ2n) is 5.57. The van der Waals surface area contributed by atoms with Crippen LogP contribution in [0.2, 0.25) is 0 Å². The molecule has 0 aliphatic carbocycles. The predicted molar refractivity (Wildman–Crippen MR) is 92.0 cm³/mol. The Kier molecular flexibility index (Phi) is 3.54. The van der Waals surface area contributed by atoms with Crippen molar-refractivity contribution in [1.82, 2.24) is 14.5 Å². The van der Waals surface area contributed by atoms with Gasteiger partial charge >= 0.3 is 5.97 Å². The van der Waals surface area contributed by atoms with Gasteiger partial charge in [0.25, 0.3) is 0 Å². The fourth-order valence-electron chi connectivity index (χ4n) is 2.87. The van der Waals surface area contributed by atoms with Crippen LogP contribution in [0.25, 0.3) is 27.9 Å². The molecule has 2 aromatic carbocycles. The number of methoxy groups -OCH3 is 1. The van der Waals surface area contributed by atoms with Crippen LogP contribution in [0.1, 0.15) is 10.4 Å². The van der Waals surface area contributed by atoms with E-state index in [9.17, 15) is 13.6 Å². The summed E-state index contributed by atoms with van der Waals surface area (Å²) < 4.78 is 33.7. The number of nitrogens with two attached hydrogens (primary N) is 1. The Balaban J connectivity index is 2.16. The average Bonchev–Trinajstić information content (AvgIpc) is 2.90. The molecule has 0 atom stereocenters. The third-order valence-electron chi connectivity index (χ3n) is 4.04. The second-order valence-corrected chi connectivity index (χ2v) is 5.57. The van der Waals surface area contributed by atoms with E-state index in [2.05, 4.69) is 9.97 Å². The fourth-order valence-corrected chi connectivity index (χ4v) is 2.87. The SMILES string of the molecule is COC(=O)c1c(N)n(-c2ccc(F)cc2F)c2nc3ccccc3nc12. The maximum absolute atomic E-state index is 14.4. The molecule has 0 bridgehead atoms. The van der Waals surface area contributed by atoms with Crippen LogP contribution in [0.5, 0.6) is 0 Å². The van der Waals surface area contributed by atoms with E-state index in [0.717, 1.165) is 12.1 Å². The van der Waals surface area contributed by atoms with E-state index in [-0.39, 0.29) is 28.2 Å². The predicted octanol–water partition coefficient (Wildman–Crippen LogP) is 3.22. The first-order chi connectivity index (χ1) is 12.5. The molecule has 0 fully saturated rings. The molecule has 0 spiro atoms. The number of rotatable bonds is 2. The minimum atomic E-state index is -0.847. The number of halogens is 2. The number of nitrogens with zero attached hydrogens (tertiary/aromatic N) is 3. The van der Waals surface area contributed by atoms with Crippen LogP contribution in [-0.2, 0) is 4.74 Å². The zero-order chi connectivity index (χ0) is 18.4. The Morgan fingerprint density at radius 1 is 1.12 bits per heavy atom. The van der Waals surface area contributed by atoms with E-state index in [0.29, 0.717) is 11.0 Å². The summed E-state index contributed by atoms with van der Waals surface area (Å²) in [7, 11) is 1.21. The summed E-state index contributed by atoms with van der Waals surface area (Å²) in [6.45, 7) is 0. The summed E-state index contributed by atoms with van der Waals surface area (Å²) in [5.41, 5.74) is 7.48. The third-order valence-corrected chi connectivity index (χ3v) is 4.04. The van der Waals surface area contributed by atoms with Gasteiger partial charge in [-0.15, -0.1) is 0 Å². The van der Waals surface area contributed by atoms with Crippen LogP contribution in [0, 0.1) is 11.6 Å². The number of hydrogen-bond donors (Lipinski definition) is 1. The minimum Gasteiger partial charge on any atom is -0.465 e. The molecule has 0 saturated heterocycles. The molecule has 26 heavy (non-hydrogen) atoms. The zero-order valence-corrected chi connectivity index (χ0v) is 13.5. The minimum absolute atomic E-state index is 0.0236. The number of anilines is 1. The number of hydrogen-bond acceptors (Lipinski definition) is 5. The lowest BCUT2D eigenvalue weighted by atomic mass is 10.2. The highest BCUT2D eigenvalue weighted by Crippen LogP contribution is 2.32. The number of carbonyl (C=O) groups excluding carboxylic acids is 1. The molecular weight excluding hydrogens is 342 g/mol. The first kappa shape index (κ1) is 15.9. The molecule has 2 aromatic heterocycles. The maximum Gasteiger partial charge on any atom is 0.343 e. The fraction of sp³-hybridized carbons (Fsp3) is 0.0556. The monoisotopic (exact) mass is 354 g/mol. The Bertz CT molecular complexity index is 1190.